The normalized spacial score (nSPS) is 12.8. The molecule has 5 nitrogen and oxygen atoms in total. The number of urea groups is 1. The summed E-state index contributed by atoms with van der Waals surface area (Å²) in [6.45, 7) is 5.40. The summed E-state index contributed by atoms with van der Waals surface area (Å²) in [5.41, 5.74) is -0.374. The number of hydrogen-bond acceptors (Lipinski definition) is 3. The summed E-state index contributed by atoms with van der Waals surface area (Å²) < 4.78 is 12.9. The van der Waals surface area contributed by atoms with Gasteiger partial charge < -0.3 is 15.7 Å². The van der Waals surface area contributed by atoms with Crippen molar-refractivity contribution >= 4 is 11.7 Å². The quantitative estimate of drug-likeness (QED) is 0.751. The monoisotopic (exact) mass is 283 g/mol. The van der Waals surface area contributed by atoms with Gasteiger partial charge in [-0.3, -0.25) is 4.98 Å². The maximum Gasteiger partial charge on any atom is 0.319 e. The van der Waals surface area contributed by atoms with Crippen molar-refractivity contribution in [2.45, 2.75) is 51.7 Å². The van der Waals surface area contributed by atoms with Crippen molar-refractivity contribution in [1.29, 1.82) is 0 Å². The number of anilines is 1. The Kier molecular flexibility index (Phi) is 5.88. The van der Waals surface area contributed by atoms with E-state index in [1.165, 1.54) is 12.3 Å². The van der Waals surface area contributed by atoms with E-state index >= 15 is 0 Å². The van der Waals surface area contributed by atoms with E-state index in [0.717, 1.165) is 19.0 Å². The molecule has 0 aliphatic heterocycles. The maximum absolute atomic E-state index is 12.9. The van der Waals surface area contributed by atoms with E-state index in [1.54, 1.807) is 13.8 Å². The van der Waals surface area contributed by atoms with Crippen LogP contribution in [0.25, 0.3) is 0 Å². The molecule has 0 aliphatic carbocycles. The van der Waals surface area contributed by atoms with Crippen LogP contribution in [0.15, 0.2) is 18.5 Å². The molecule has 0 aliphatic rings. The highest BCUT2D eigenvalue weighted by molar-refractivity contribution is 5.89. The number of amides is 2. The standard InChI is InChI=1S/C14H22FN3O2/c1-10(5-4-6-14(2,3)20)17-13(19)18-12-7-11(15)8-16-9-12/h7-10,20H,4-6H2,1-3H3,(H2,17,18,19)/t10-/m1/s1. The highest BCUT2D eigenvalue weighted by atomic mass is 19.1. The number of carbonyl (C=O) groups is 1. The minimum atomic E-state index is -0.685. The molecule has 1 atom stereocenters. The van der Waals surface area contributed by atoms with Gasteiger partial charge in [0.2, 0.25) is 0 Å². The van der Waals surface area contributed by atoms with Crippen LogP contribution < -0.4 is 10.6 Å². The minimum Gasteiger partial charge on any atom is -0.390 e. The van der Waals surface area contributed by atoms with E-state index in [9.17, 15) is 14.3 Å². The molecule has 0 spiro atoms. The minimum absolute atomic E-state index is 0.0288. The molecule has 0 bridgehead atoms. The van der Waals surface area contributed by atoms with Crippen LogP contribution in [0.1, 0.15) is 40.0 Å². The van der Waals surface area contributed by atoms with Gasteiger partial charge in [0, 0.05) is 12.1 Å². The predicted octanol–water partition coefficient (Wildman–Crippen LogP) is 2.67. The number of aromatic nitrogens is 1. The summed E-state index contributed by atoms with van der Waals surface area (Å²) in [6, 6.07) is 0.776. The first kappa shape index (κ1) is 16.4. The molecule has 0 unspecified atom stereocenters. The van der Waals surface area contributed by atoms with E-state index in [0.29, 0.717) is 12.1 Å². The van der Waals surface area contributed by atoms with Crippen LogP contribution in [0.2, 0.25) is 0 Å². The number of nitrogens with one attached hydrogen (secondary N) is 2. The molecule has 0 aromatic carbocycles. The molecule has 2 amide bonds. The molecule has 1 aromatic rings. The zero-order valence-corrected chi connectivity index (χ0v) is 12.1. The molecule has 6 heteroatoms. The topological polar surface area (TPSA) is 74.2 Å². The lowest BCUT2D eigenvalue weighted by molar-refractivity contribution is 0.0676. The fourth-order valence-electron chi connectivity index (χ4n) is 1.78. The number of nitrogens with zero attached hydrogens (tertiary/aromatic N) is 1. The highest BCUT2D eigenvalue weighted by Gasteiger charge is 2.13. The first-order chi connectivity index (χ1) is 9.26. The molecule has 0 fully saturated rings. The largest absolute Gasteiger partial charge is 0.390 e. The molecule has 3 N–H and O–H groups in total. The lowest BCUT2D eigenvalue weighted by Gasteiger charge is -2.19. The van der Waals surface area contributed by atoms with Gasteiger partial charge in [0.15, 0.2) is 0 Å². The zero-order valence-electron chi connectivity index (χ0n) is 12.1. The van der Waals surface area contributed by atoms with Crippen LogP contribution in [0.5, 0.6) is 0 Å². The molecular weight excluding hydrogens is 261 g/mol. The Morgan fingerprint density at radius 3 is 2.80 bits per heavy atom. The summed E-state index contributed by atoms with van der Waals surface area (Å²) in [5.74, 6) is -0.499. The summed E-state index contributed by atoms with van der Waals surface area (Å²) >= 11 is 0. The fraction of sp³-hybridized carbons (Fsp3) is 0.571. The van der Waals surface area contributed by atoms with E-state index in [2.05, 4.69) is 15.6 Å². The van der Waals surface area contributed by atoms with Crippen molar-refractivity contribution < 1.29 is 14.3 Å². The maximum atomic E-state index is 12.9. The lowest BCUT2D eigenvalue weighted by atomic mass is 10.00. The Labute approximate surface area is 118 Å². The fourth-order valence-corrected chi connectivity index (χ4v) is 1.78. The van der Waals surface area contributed by atoms with E-state index in [4.69, 9.17) is 0 Å². The van der Waals surface area contributed by atoms with E-state index < -0.39 is 17.4 Å². The van der Waals surface area contributed by atoms with Crippen molar-refractivity contribution in [1.82, 2.24) is 10.3 Å². The third-order valence-electron chi connectivity index (χ3n) is 2.77. The molecule has 0 radical (unpaired) electrons. The third kappa shape index (κ3) is 7.04. The van der Waals surface area contributed by atoms with Gasteiger partial charge in [-0.15, -0.1) is 0 Å². The van der Waals surface area contributed by atoms with Crippen molar-refractivity contribution in [3.63, 3.8) is 0 Å². The Balaban J connectivity index is 2.31. The van der Waals surface area contributed by atoms with Crippen LogP contribution in [0, 0.1) is 5.82 Å². The summed E-state index contributed by atoms with van der Waals surface area (Å²) in [7, 11) is 0. The van der Waals surface area contributed by atoms with Gasteiger partial charge >= 0.3 is 6.03 Å². The lowest BCUT2D eigenvalue weighted by Crippen LogP contribution is -2.36. The zero-order chi connectivity index (χ0) is 15.2. The molecule has 1 heterocycles. The smallest absolute Gasteiger partial charge is 0.319 e. The Morgan fingerprint density at radius 1 is 1.50 bits per heavy atom. The van der Waals surface area contributed by atoms with Gasteiger partial charge in [-0.2, -0.15) is 0 Å². The van der Waals surface area contributed by atoms with Crippen LogP contribution in [-0.4, -0.2) is 27.8 Å². The second-order valence-corrected chi connectivity index (χ2v) is 5.60. The predicted molar refractivity (Wildman–Crippen MR) is 76.0 cm³/mol. The number of carbonyl (C=O) groups excluding carboxylic acids is 1. The van der Waals surface area contributed by atoms with Crippen molar-refractivity contribution in [2.75, 3.05) is 5.32 Å². The molecule has 1 rings (SSSR count). The molecule has 112 valence electrons. The van der Waals surface area contributed by atoms with Gasteiger partial charge in [0.05, 0.1) is 23.7 Å². The first-order valence-corrected chi connectivity index (χ1v) is 6.67. The number of rotatable bonds is 6. The van der Waals surface area contributed by atoms with Crippen LogP contribution in [0.4, 0.5) is 14.9 Å². The van der Waals surface area contributed by atoms with Gasteiger partial charge in [-0.05, 0) is 40.0 Å². The second kappa shape index (κ2) is 7.19. The van der Waals surface area contributed by atoms with Crippen molar-refractivity contribution in [3.05, 3.63) is 24.3 Å². The van der Waals surface area contributed by atoms with Crippen LogP contribution in [-0.2, 0) is 0 Å². The van der Waals surface area contributed by atoms with E-state index in [-0.39, 0.29) is 6.04 Å². The third-order valence-corrected chi connectivity index (χ3v) is 2.77. The molecule has 0 saturated carbocycles. The SMILES string of the molecule is C[C@H](CCCC(C)(C)O)NC(=O)Nc1cncc(F)c1. The average Bonchev–Trinajstić information content (AvgIpc) is 2.26. The Morgan fingerprint density at radius 2 is 2.20 bits per heavy atom. The Hall–Kier alpha value is -1.69. The molecule has 20 heavy (non-hydrogen) atoms. The number of hydrogen-bond donors (Lipinski definition) is 3. The first-order valence-electron chi connectivity index (χ1n) is 6.67. The Bertz CT molecular complexity index is 446. The molecule has 1 aromatic heterocycles. The van der Waals surface area contributed by atoms with Crippen molar-refractivity contribution in [2.24, 2.45) is 0 Å². The molecule has 0 saturated heterocycles. The van der Waals surface area contributed by atoms with Gasteiger partial charge in [-0.1, -0.05) is 0 Å². The number of aliphatic hydroxyl groups is 1. The van der Waals surface area contributed by atoms with Crippen molar-refractivity contribution in [3.8, 4) is 0 Å². The van der Waals surface area contributed by atoms with Crippen LogP contribution >= 0.6 is 0 Å². The van der Waals surface area contributed by atoms with Gasteiger partial charge in [0.25, 0.3) is 0 Å². The summed E-state index contributed by atoms with van der Waals surface area (Å²) in [6.07, 6.45) is 4.70. The van der Waals surface area contributed by atoms with Crippen LogP contribution in [0.3, 0.4) is 0 Å². The second-order valence-electron chi connectivity index (χ2n) is 5.60. The summed E-state index contributed by atoms with van der Waals surface area (Å²) in [4.78, 5) is 15.3. The number of halogens is 1. The number of pyridine rings is 1. The molecular formula is C14H22FN3O2. The highest BCUT2D eigenvalue weighted by Crippen LogP contribution is 2.13. The van der Waals surface area contributed by atoms with Gasteiger partial charge in [-0.25, -0.2) is 9.18 Å². The summed E-state index contributed by atoms with van der Waals surface area (Å²) in [5, 5.41) is 14.9. The average molecular weight is 283 g/mol. The van der Waals surface area contributed by atoms with E-state index in [1.807, 2.05) is 6.92 Å². The van der Waals surface area contributed by atoms with Gasteiger partial charge in [0.1, 0.15) is 5.82 Å².